The lowest BCUT2D eigenvalue weighted by Gasteiger charge is -2.17. The molecule has 2 aromatic rings. The van der Waals surface area contributed by atoms with Crippen molar-refractivity contribution in [2.24, 2.45) is 0 Å². The van der Waals surface area contributed by atoms with Gasteiger partial charge in [-0.25, -0.2) is 4.79 Å². The maximum absolute atomic E-state index is 12.3. The van der Waals surface area contributed by atoms with Gasteiger partial charge in [0.1, 0.15) is 6.61 Å². The number of carbonyl (C=O) groups is 3. The third-order valence-corrected chi connectivity index (χ3v) is 4.09. The molecule has 0 spiro atoms. The summed E-state index contributed by atoms with van der Waals surface area (Å²) in [6.07, 6.45) is 1.31. The number of ether oxygens (including phenoxy) is 1. The van der Waals surface area contributed by atoms with Crippen molar-refractivity contribution in [3.8, 4) is 0 Å². The van der Waals surface area contributed by atoms with Crippen molar-refractivity contribution in [1.29, 1.82) is 0 Å². The summed E-state index contributed by atoms with van der Waals surface area (Å²) in [6.45, 7) is 6.38. The Morgan fingerprint density at radius 1 is 1.19 bits per heavy atom. The minimum Gasteiger partial charge on any atom is -0.447 e. The van der Waals surface area contributed by atoms with Crippen LogP contribution in [0.2, 0.25) is 0 Å². The zero-order valence-electron chi connectivity index (χ0n) is 15.4. The highest BCUT2D eigenvalue weighted by Crippen LogP contribution is 2.28. The second-order valence-electron chi connectivity index (χ2n) is 6.43. The van der Waals surface area contributed by atoms with E-state index in [-0.39, 0.29) is 12.6 Å². The molecule has 1 aliphatic heterocycles. The summed E-state index contributed by atoms with van der Waals surface area (Å²) in [7, 11) is 0. The molecule has 0 radical (unpaired) electrons. The normalized spacial score (nSPS) is 13.6. The number of carbonyl (C=O) groups excluding carboxylic acids is 3. The van der Waals surface area contributed by atoms with Crippen LogP contribution in [-0.2, 0) is 14.3 Å². The molecule has 0 bridgehead atoms. The Morgan fingerprint density at radius 3 is 2.52 bits per heavy atom. The Bertz CT molecular complexity index is 890. The minimum absolute atomic E-state index is 0.135. The summed E-state index contributed by atoms with van der Waals surface area (Å²) in [6, 6.07) is 6.86. The molecule has 9 nitrogen and oxygen atoms in total. The fraction of sp³-hybridized carbons (Fsp3) is 0.333. The Balaban J connectivity index is 1.72. The molecule has 1 fully saturated rings. The number of hydrogen-bond acceptors (Lipinski definition) is 5. The molecular formula is C18H21N5O4. The lowest BCUT2D eigenvalue weighted by atomic mass is 10.2. The number of nitrogens with one attached hydrogen (secondary N) is 2. The van der Waals surface area contributed by atoms with Crippen LogP contribution in [-0.4, -0.2) is 40.8 Å². The molecule has 142 valence electrons. The molecule has 0 saturated carbocycles. The molecule has 0 unspecified atom stereocenters. The first-order chi connectivity index (χ1) is 12.9. The van der Waals surface area contributed by atoms with E-state index in [1.165, 1.54) is 4.90 Å². The van der Waals surface area contributed by atoms with Crippen LogP contribution in [0.25, 0.3) is 0 Å². The average Bonchev–Trinajstić information content (AvgIpc) is 3.21. The van der Waals surface area contributed by atoms with E-state index >= 15 is 0 Å². The summed E-state index contributed by atoms with van der Waals surface area (Å²) in [5, 5.41) is 9.32. The first kappa shape index (κ1) is 18.4. The zero-order chi connectivity index (χ0) is 19.6. The number of nitrogens with zero attached hydrogens (tertiary/aromatic N) is 3. The molecule has 0 aliphatic carbocycles. The fourth-order valence-corrected chi connectivity index (χ4v) is 2.64. The van der Waals surface area contributed by atoms with E-state index in [9.17, 15) is 14.4 Å². The van der Waals surface area contributed by atoms with E-state index in [1.807, 2.05) is 13.8 Å². The van der Waals surface area contributed by atoms with Crippen molar-refractivity contribution in [1.82, 2.24) is 9.78 Å². The number of cyclic esters (lactones) is 1. The van der Waals surface area contributed by atoms with Gasteiger partial charge in [0.2, 0.25) is 0 Å². The molecule has 9 heteroatoms. The van der Waals surface area contributed by atoms with Crippen LogP contribution in [0.3, 0.4) is 0 Å². The van der Waals surface area contributed by atoms with Gasteiger partial charge in [-0.15, -0.1) is 0 Å². The molecule has 3 amide bonds. The maximum Gasteiger partial charge on any atom is 0.414 e. The Kier molecular flexibility index (Phi) is 5.11. The number of aryl methyl sites for hydroxylation is 1. The van der Waals surface area contributed by atoms with Gasteiger partial charge in [0, 0.05) is 17.8 Å². The van der Waals surface area contributed by atoms with Gasteiger partial charge < -0.3 is 15.4 Å². The second-order valence-corrected chi connectivity index (χ2v) is 6.43. The summed E-state index contributed by atoms with van der Waals surface area (Å²) in [5.74, 6) is -1.36. The van der Waals surface area contributed by atoms with Gasteiger partial charge in [0.25, 0.3) is 0 Å². The van der Waals surface area contributed by atoms with Crippen LogP contribution in [0.1, 0.15) is 25.5 Å². The van der Waals surface area contributed by atoms with Crippen LogP contribution in [0.5, 0.6) is 0 Å². The van der Waals surface area contributed by atoms with Crippen LogP contribution >= 0.6 is 0 Å². The van der Waals surface area contributed by atoms with Crippen LogP contribution in [0, 0.1) is 6.92 Å². The molecular weight excluding hydrogens is 350 g/mol. The highest BCUT2D eigenvalue weighted by Gasteiger charge is 2.27. The van der Waals surface area contributed by atoms with E-state index in [0.29, 0.717) is 23.7 Å². The van der Waals surface area contributed by atoms with Crippen molar-refractivity contribution in [3.05, 3.63) is 36.0 Å². The van der Waals surface area contributed by atoms with Crippen LogP contribution < -0.4 is 15.5 Å². The van der Waals surface area contributed by atoms with Gasteiger partial charge in [-0.1, -0.05) is 12.1 Å². The Hall–Kier alpha value is -3.36. The van der Waals surface area contributed by atoms with E-state index < -0.39 is 17.9 Å². The van der Waals surface area contributed by atoms with Gasteiger partial charge in [-0.2, -0.15) is 5.10 Å². The zero-order valence-corrected chi connectivity index (χ0v) is 15.4. The standard InChI is InChI=1S/C18H21N5O4/c1-11(2)23-10-12(3)15(21-23)20-17(25)16(24)19-13-6-4-5-7-14(13)22-8-9-27-18(22)26/h4-7,10-11H,8-9H2,1-3H3,(H,19,24)(H,20,21,25). The predicted molar refractivity (Wildman–Crippen MR) is 99.7 cm³/mol. The van der Waals surface area contributed by atoms with E-state index in [1.54, 1.807) is 42.1 Å². The SMILES string of the molecule is Cc1cn(C(C)C)nc1NC(=O)C(=O)Nc1ccccc1N1CCOC1=O. The summed E-state index contributed by atoms with van der Waals surface area (Å²) in [4.78, 5) is 37.8. The molecule has 0 atom stereocenters. The quantitative estimate of drug-likeness (QED) is 0.803. The van der Waals surface area contributed by atoms with Gasteiger partial charge in [0.15, 0.2) is 5.82 Å². The number of aromatic nitrogens is 2. The Labute approximate surface area is 156 Å². The molecule has 1 aliphatic rings. The first-order valence-electron chi connectivity index (χ1n) is 8.58. The van der Waals surface area contributed by atoms with Crippen molar-refractivity contribution in [3.63, 3.8) is 0 Å². The lowest BCUT2D eigenvalue weighted by Crippen LogP contribution is -2.31. The maximum atomic E-state index is 12.3. The number of amides is 3. The van der Waals surface area contributed by atoms with Crippen LogP contribution in [0.4, 0.5) is 22.0 Å². The molecule has 2 N–H and O–H groups in total. The molecule has 3 rings (SSSR count). The predicted octanol–water partition coefficient (Wildman–Crippen LogP) is 2.31. The van der Waals surface area contributed by atoms with Crippen LogP contribution in [0.15, 0.2) is 30.5 Å². The van der Waals surface area contributed by atoms with Crippen molar-refractivity contribution < 1.29 is 19.1 Å². The van der Waals surface area contributed by atoms with E-state index in [4.69, 9.17) is 4.74 Å². The van der Waals surface area contributed by atoms with Crippen molar-refractivity contribution in [2.75, 3.05) is 28.7 Å². The van der Waals surface area contributed by atoms with E-state index in [0.717, 1.165) is 5.56 Å². The molecule has 1 saturated heterocycles. The smallest absolute Gasteiger partial charge is 0.414 e. The molecule has 27 heavy (non-hydrogen) atoms. The lowest BCUT2D eigenvalue weighted by molar-refractivity contribution is -0.133. The Morgan fingerprint density at radius 2 is 1.89 bits per heavy atom. The monoisotopic (exact) mass is 371 g/mol. The van der Waals surface area contributed by atoms with E-state index in [2.05, 4.69) is 15.7 Å². The van der Waals surface area contributed by atoms with Gasteiger partial charge in [-0.3, -0.25) is 19.2 Å². The largest absolute Gasteiger partial charge is 0.447 e. The van der Waals surface area contributed by atoms with Gasteiger partial charge >= 0.3 is 17.9 Å². The number of benzene rings is 1. The molecule has 1 aromatic heterocycles. The minimum atomic E-state index is -0.853. The fourth-order valence-electron chi connectivity index (χ4n) is 2.64. The highest BCUT2D eigenvalue weighted by molar-refractivity contribution is 6.43. The number of anilines is 3. The molecule has 2 heterocycles. The topological polar surface area (TPSA) is 106 Å². The summed E-state index contributed by atoms with van der Waals surface area (Å²) >= 11 is 0. The second kappa shape index (κ2) is 7.48. The summed E-state index contributed by atoms with van der Waals surface area (Å²) in [5.41, 5.74) is 1.58. The summed E-state index contributed by atoms with van der Waals surface area (Å²) < 4.78 is 6.63. The van der Waals surface area contributed by atoms with Gasteiger partial charge in [-0.05, 0) is 32.9 Å². The van der Waals surface area contributed by atoms with Crippen molar-refractivity contribution >= 4 is 35.1 Å². The van der Waals surface area contributed by atoms with Gasteiger partial charge in [0.05, 0.1) is 17.9 Å². The number of rotatable bonds is 4. The van der Waals surface area contributed by atoms with Crippen molar-refractivity contribution in [2.45, 2.75) is 26.8 Å². The average molecular weight is 371 g/mol. The number of para-hydroxylation sites is 2. The molecule has 1 aromatic carbocycles. The highest BCUT2D eigenvalue weighted by atomic mass is 16.6. The third kappa shape index (κ3) is 3.91. The third-order valence-electron chi connectivity index (χ3n) is 4.09. The first-order valence-corrected chi connectivity index (χ1v) is 8.58. The number of hydrogen-bond donors (Lipinski definition) is 2.